The number of urea groups is 1. The lowest BCUT2D eigenvalue weighted by molar-refractivity contribution is 0.192. The van der Waals surface area contributed by atoms with E-state index >= 15 is 0 Å². The summed E-state index contributed by atoms with van der Waals surface area (Å²) < 4.78 is 0. The molecule has 0 bridgehead atoms. The minimum Gasteiger partial charge on any atom is -0.395 e. The van der Waals surface area contributed by atoms with Gasteiger partial charge in [0.25, 0.3) is 0 Å². The van der Waals surface area contributed by atoms with Crippen LogP contribution in [0.5, 0.6) is 0 Å². The first-order valence-corrected chi connectivity index (χ1v) is 7.43. The van der Waals surface area contributed by atoms with E-state index in [0.29, 0.717) is 13.1 Å². The molecule has 1 aromatic carbocycles. The third-order valence-corrected chi connectivity index (χ3v) is 3.88. The summed E-state index contributed by atoms with van der Waals surface area (Å²) in [6, 6.07) is 11.6. The highest BCUT2D eigenvalue weighted by Gasteiger charge is 2.11. The number of benzene rings is 1. The van der Waals surface area contributed by atoms with E-state index < -0.39 is 0 Å². The molecule has 106 valence electrons. The number of aliphatic hydroxyl groups excluding tert-OH is 1. The Bertz CT molecular complexity index is 555. The van der Waals surface area contributed by atoms with Gasteiger partial charge in [-0.1, -0.05) is 18.2 Å². The first-order valence-electron chi connectivity index (χ1n) is 6.55. The summed E-state index contributed by atoms with van der Waals surface area (Å²) in [7, 11) is 0. The van der Waals surface area contributed by atoms with Crippen molar-refractivity contribution in [2.24, 2.45) is 0 Å². The number of rotatable bonds is 5. The van der Waals surface area contributed by atoms with Gasteiger partial charge in [-0.15, -0.1) is 11.3 Å². The first-order chi connectivity index (χ1) is 9.74. The molecule has 20 heavy (non-hydrogen) atoms. The van der Waals surface area contributed by atoms with Crippen LogP contribution >= 0.6 is 11.3 Å². The SMILES string of the molecule is CCN(CCO)C(=O)Nc1cccc(-c2cccs2)c1. The molecule has 0 aliphatic rings. The van der Waals surface area contributed by atoms with Crippen LogP contribution in [0.3, 0.4) is 0 Å². The molecule has 2 aromatic rings. The van der Waals surface area contributed by atoms with E-state index in [1.54, 1.807) is 16.2 Å². The number of anilines is 1. The van der Waals surface area contributed by atoms with Crippen LogP contribution in [0.4, 0.5) is 10.5 Å². The molecular weight excluding hydrogens is 272 g/mol. The van der Waals surface area contributed by atoms with Crippen molar-refractivity contribution in [3.8, 4) is 10.4 Å². The molecule has 0 unspecified atom stereocenters. The topological polar surface area (TPSA) is 52.6 Å². The average molecular weight is 290 g/mol. The van der Waals surface area contributed by atoms with E-state index in [0.717, 1.165) is 11.3 Å². The van der Waals surface area contributed by atoms with Gasteiger partial charge >= 0.3 is 6.03 Å². The normalized spacial score (nSPS) is 10.3. The largest absolute Gasteiger partial charge is 0.395 e. The van der Waals surface area contributed by atoms with Gasteiger partial charge in [0.15, 0.2) is 0 Å². The van der Waals surface area contributed by atoms with Crippen LogP contribution in [0.15, 0.2) is 41.8 Å². The summed E-state index contributed by atoms with van der Waals surface area (Å²) in [5.41, 5.74) is 1.85. The van der Waals surface area contributed by atoms with Crippen LogP contribution in [-0.2, 0) is 0 Å². The Labute approximate surface area is 122 Å². The highest BCUT2D eigenvalue weighted by atomic mass is 32.1. The van der Waals surface area contributed by atoms with Gasteiger partial charge < -0.3 is 15.3 Å². The number of carbonyl (C=O) groups is 1. The summed E-state index contributed by atoms with van der Waals surface area (Å²) in [4.78, 5) is 14.8. The molecule has 2 rings (SSSR count). The molecule has 1 heterocycles. The number of amides is 2. The van der Waals surface area contributed by atoms with E-state index in [2.05, 4.69) is 11.4 Å². The number of thiophene rings is 1. The number of likely N-dealkylation sites (N-methyl/N-ethyl adjacent to an activating group) is 1. The second-order valence-corrected chi connectivity index (χ2v) is 5.24. The van der Waals surface area contributed by atoms with Gasteiger partial charge in [0.1, 0.15) is 0 Å². The first kappa shape index (κ1) is 14.6. The zero-order valence-electron chi connectivity index (χ0n) is 11.4. The van der Waals surface area contributed by atoms with Gasteiger partial charge in [-0.3, -0.25) is 0 Å². The quantitative estimate of drug-likeness (QED) is 0.888. The van der Waals surface area contributed by atoms with Gasteiger partial charge in [-0.05, 0) is 36.1 Å². The zero-order chi connectivity index (χ0) is 14.4. The fourth-order valence-corrected chi connectivity index (χ4v) is 2.64. The molecule has 1 aromatic heterocycles. The van der Waals surface area contributed by atoms with Gasteiger partial charge in [0.05, 0.1) is 6.61 Å². The van der Waals surface area contributed by atoms with Crippen LogP contribution in [0.1, 0.15) is 6.92 Å². The molecule has 2 N–H and O–H groups in total. The Balaban J connectivity index is 2.10. The fourth-order valence-electron chi connectivity index (χ4n) is 1.92. The molecule has 0 radical (unpaired) electrons. The highest BCUT2D eigenvalue weighted by molar-refractivity contribution is 7.13. The minimum atomic E-state index is -0.190. The second-order valence-electron chi connectivity index (χ2n) is 4.29. The summed E-state index contributed by atoms with van der Waals surface area (Å²) in [5, 5.41) is 13.8. The van der Waals surface area contributed by atoms with Crippen molar-refractivity contribution in [3.05, 3.63) is 41.8 Å². The van der Waals surface area contributed by atoms with E-state index in [9.17, 15) is 4.79 Å². The number of nitrogens with one attached hydrogen (secondary N) is 1. The van der Waals surface area contributed by atoms with Crippen molar-refractivity contribution in [2.45, 2.75) is 6.92 Å². The number of hydrogen-bond acceptors (Lipinski definition) is 3. The maximum absolute atomic E-state index is 12.0. The fraction of sp³-hybridized carbons (Fsp3) is 0.267. The third-order valence-electron chi connectivity index (χ3n) is 2.96. The molecule has 0 atom stereocenters. The third kappa shape index (κ3) is 3.59. The summed E-state index contributed by atoms with van der Waals surface area (Å²) in [6.45, 7) is 2.76. The zero-order valence-corrected chi connectivity index (χ0v) is 12.2. The van der Waals surface area contributed by atoms with E-state index in [4.69, 9.17) is 5.11 Å². The number of aliphatic hydroxyl groups is 1. The van der Waals surface area contributed by atoms with Gasteiger partial charge in [-0.25, -0.2) is 4.79 Å². The highest BCUT2D eigenvalue weighted by Crippen LogP contribution is 2.26. The molecule has 0 saturated carbocycles. The van der Waals surface area contributed by atoms with Crippen molar-refractivity contribution >= 4 is 23.1 Å². The Hall–Kier alpha value is -1.85. The lowest BCUT2D eigenvalue weighted by Gasteiger charge is -2.20. The monoisotopic (exact) mass is 290 g/mol. The van der Waals surface area contributed by atoms with Crippen LogP contribution < -0.4 is 5.32 Å². The van der Waals surface area contributed by atoms with E-state index in [1.807, 2.05) is 42.6 Å². The maximum Gasteiger partial charge on any atom is 0.321 e. The van der Waals surface area contributed by atoms with E-state index in [-0.39, 0.29) is 12.6 Å². The molecule has 2 amide bonds. The van der Waals surface area contributed by atoms with Crippen molar-refractivity contribution in [1.29, 1.82) is 0 Å². The van der Waals surface area contributed by atoms with Crippen LogP contribution in [-0.4, -0.2) is 35.7 Å². The van der Waals surface area contributed by atoms with Crippen LogP contribution in [0, 0.1) is 0 Å². The number of hydrogen-bond donors (Lipinski definition) is 2. The minimum absolute atomic E-state index is 0.0313. The smallest absolute Gasteiger partial charge is 0.321 e. The molecule has 0 saturated heterocycles. The lowest BCUT2D eigenvalue weighted by Crippen LogP contribution is -2.36. The standard InChI is InChI=1S/C15H18N2O2S/c1-2-17(8-9-18)15(19)16-13-6-3-5-12(11-13)14-7-4-10-20-14/h3-7,10-11,18H,2,8-9H2,1H3,(H,16,19). The Morgan fingerprint density at radius 3 is 2.85 bits per heavy atom. The molecular formula is C15H18N2O2S. The predicted molar refractivity (Wildman–Crippen MR) is 83.1 cm³/mol. The van der Waals surface area contributed by atoms with Crippen molar-refractivity contribution in [2.75, 3.05) is 25.0 Å². The average Bonchev–Trinajstić information content (AvgIpc) is 2.99. The van der Waals surface area contributed by atoms with Crippen molar-refractivity contribution in [1.82, 2.24) is 4.90 Å². The van der Waals surface area contributed by atoms with Crippen molar-refractivity contribution in [3.63, 3.8) is 0 Å². The Morgan fingerprint density at radius 1 is 1.35 bits per heavy atom. The molecule has 4 nitrogen and oxygen atoms in total. The molecule has 0 aliphatic carbocycles. The van der Waals surface area contributed by atoms with Crippen LogP contribution in [0.25, 0.3) is 10.4 Å². The lowest BCUT2D eigenvalue weighted by atomic mass is 10.1. The number of carbonyl (C=O) groups excluding carboxylic acids is 1. The van der Waals surface area contributed by atoms with Gasteiger partial charge in [0, 0.05) is 23.7 Å². The van der Waals surface area contributed by atoms with Gasteiger partial charge in [0.2, 0.25) is 0 Å². The van der Waals surface area contributed by atoms with Gasteiger partial charge in [-0.2, -0.15) is 0 Å². The summed E-state index contributed by atoms with van der Waals surface area (Å²) in [5.74, 6) is 0. The molecule has 0 fully saturated rings. The Kier molecular flexibility index (Phi) is 5.15. The Morgan fingerprint density at radius 2 is 2.20 bits per heavy atom. The molecule has 0 spiro atoms. The predicted octanol–water partition coefficient (Wildman–Crippen LogP) is 3.26. The summed E-state index contributed by atoms with van der Waals surface area (Å²) in [6.07, 6.45) is 0. The second kappa shape index (κ2) is 7.07. The summed E-state index contributed by atoms with van der Waals surface area (Å²) >= 11 is 1.67. The molecule has 0 aliphatic heterocycles. The maximum atomic E-state index is 12.0. The van der Waals surface area contributed by atoms with Crippen molar-refractivity contribution < 1.29 is 9.90 Å². The molecule has 5 heteroatoms. The number of nitrogens with zero attached hydrogens (tertiary/aromatic N) is 1. The van der Waals surface area contributed by atoms with E-state index in [1.165, 1.54) is 4.88 Å². The van der Waals surface area contributed by atoms with Crippen LogP contribution in [0.2, 0.25) is 0 Å².